The van der Waals surface area contributed by atoms with E-state index in [1.165, 1.54) is 20.0 Å². The van der Waals surface area contributed by atoms with Crippen molar-refractivity contribution in [3.05, 3.63) is 0 Å². The van der Waals surface area contributed by atoms with Crippen molar-refractivity contribution in [2.24, 2.45) is 5.92 Å². The number of hydrogen-bond donors (Lipinski definition) is 1. The van der Waals surface area contributed by atoms with Crippen LogP contribution in [-0.2, 0) is 14.6 Å². The first-order valence-electron chi connectivity index (χ1n) is 5.95. The Balaban J connectivity index is 2.33. The molecule has 1 saturated carbocycles. The number of ether oxygens (including phenoxy) is 1. The highest BCUT2D eigenvalue weighted by atomic mass is 32.2. The van der Waals surface area contributed by atoms with Crippen molar-refractivity contribution in [3.8, 4) is 0 Å². The Bertz CT molecular complexity index is 290. The molecule has 1 rings (SSSR count). The molecule has 1 fully saturated rings. The van der Waals surface area contributed by atoms with Gasteiger partial charge in [0, 0.05) is 13.2 Å². The highest BCUT2D eigenvalue weighted by molar-refractivity contribution is 7.91. The van der Waals surface area contributed by atoms with Crippen LogP contribution < -0.4 is 5.32 Å². The van der Waals surface area contributed by atoms with Crippen molar-refractivity contribution >= 4 is 9.84 Å². The summed E-state index contributed by atoms with van der Waals surface area (Å²) in [7, 11) is 0.576. The van der Waals surface area contributed by atoms with Gasteiger partial charge in [-0.2, -0.15) is 0 Å². The number of nitrogens with one attached hydrogen (secondary N) is 1. The molecule has 0 amide bonds. The lowest BCUT2D eigenvalue weighted by Crippen LogP contribution is -2.30. The molecule has 5 heteroatoms. The Hall–Kier alpha value is -0.130. The average Bonchev–Trinajstić information content (AvgIpc) is 2.71. The maximum absolute atomic E-state index is 11.6. The Morgan fingerprint density at radius 3 is 2.69 bits per heavy atom. The molecule has 2 atom stereocenters. The summed E-state index contributed by atoms with van der Waals surface area (Å²) in [4.78, 5) is 0. The summed E-state index contributed by atoms with van der Waals surface area (Å²) >= 11 is 0. The molecule has 1 aliphatic rings. The van der Waals surface area contributed by atoms with Gasteiger partial charge in [-0.15, -0.1) is 0 Å². The second-order valence-corrected chi connectivity index (χ2v) is 6.82. The molecule has 0 saturated heterocycles. The van der Waals surface area contributed by atoms with Crippen LogP contribution in [0.2, 0.25) is 0 Å². The van der Waals surface area contributed by atoms with Gasteiger partial charge in [-0.3, -0.25) is 0 Å². The summed E-state index contributed by atoms with van der Waals surface area (Å²) in [6.45, 7) is 0.308. The fourth-order valence-electron chi connectivity index (χ4n) is 2.41. The first-order valence-corrected chi connectivity index (χ1v) is 7.78. The van der Waals surface area contributed by atoms with Crippen LogP contribution in [0, 0.1) is 5.92 Å². The van der Waals surface area contributed by atoms with Gasteiger partial charge in [-0.25, -0.2) is 8.42 Å². The molecule has 0 heterocycles. The summed E-state index contributed by atoms with van der Waals surface area (Å²) in [5, 5.41) is 3.27. The number of sulfone groups is 1. The van der Waals surface area contributed by atoms with Gasteiger partial charge in [-0.05, 0) is 32.2 Å². The van der Waals surface area contributed by atoms with E-state index in [-0.39, 0.29) is 5.75 Å². The molecule has 1 N–H and O–H groups in total. The Labute approximate surface area is 98.7 Å². The van der Waals surface area contributed by atoms with Gasteiger partial charge in [0.1, 0.15) is 0 Å². The summed E-state index contributed by atoms with van der Waals surface area (Å²) in [6, 6.07) is 0.512. The molecule has 0 radical (unpaired) electrons. The second kappa shape index (κ2) is 6.57. The molecule has 1 aliphatic carbocycles. The van der Waals surface area contributed by atoms with Gasteiger partial charge in [0.25, 0.3) is 0 Å². The predicted octanol–water partition coefficient (Wildman–Crippen LogP) is 0.826. The molecule has 0 bridgehead atoms. The summed E-state index contributed by atoms with van der Waals surface area (Å²) in [5.41, 5.74) is 0. The third-order valence-electron chi connectivity index (χ3n) is 3.43. The van der Waals surface area contributed by atoms with Gasteiger partial charge in [0.2, 0.25) is 0 Å². The highest BCUT2D eigenvalue weighted by Crippen LogP contribution is 2.28. The zero-order chi connectivity index (χ0) is 12.0. The minimum absolute atomic E-state index is 0.153. The molecule has 96 valence electrons. The van der Waals surface area contributed by atoms with Crippen molar-refractivity contribution in [1.82, 2.24) is 5.32 Å². The Kier molecular flexibility index (Phi) is 5.72. The van der Waals surface area contributed by atoms with Crippen LogP contribution >= 0.6 is 0 Å². The molecular formula is C11H23NO3S. The van der Waals surface area contributed by atoms with E-state index in [1.807, 2.05) is 7.05 Å². The predicted molar refractivity (Wildman–Crippen MR) is 65.3 cm³/mol. The minimum atomic E-state index is -2.92. The van der Waals surface area contributed by atoms with Gasteiger partial charge in [-0.1, -0.05) is 6.42 Å². The van der Waals surface area contributed by atoms with E-state index in [0.717, 1.165) is 12.8 Å². The molecule has 0 aromatic rings. The molecule has 4 nitrogen and oxygen atoms in total. The average molecular weight is 249 g/mol. The van der Waals surface area contributed by atoms with Crippen LogP contribution in [0.4, 0.5) is 0 Å². The van der Waals surface area contributed by atoms with Crippen LogP contribution in [0.1, 0.15) is 25.7 Å². The van der Waals surface area contributed by atoms with E-state index in [2.05, 4.69) is 5.32 Å². The zero-order valence-electron chi connectivity index (χ0n) is 10.2. The maximum Gasteiger partial charge on any atom is 0.152 e. The molecule has 0 aromatic heterocycles. The quantitative estimate of drug-likeness (QED) is 0.726. The SMILES string of the molecule is CNC1CCCC1CCS(=O)(=O)CCOC. The van der Waals surface area contributed by atoms with E-state index < -0.39 is 9.84 Å². The fraction of sp³-hybridized carbons (Fsp3) is 1.00. The van der Waals surface area contributed by atoms with Crippen molar-refractivity contribution in [3.63, 3.8) is 0 Å². The Morgan fingerprint density at radius 1 is 1.31 bits per heavy atom. The number of rotatable bonds is 7. The molecule has 2 unspecified atom stereocenters. The molecular weight excluding hydrogens is 226 g/mol. The topological polar surface area (TPSA) is 55.4 Å². The van der Waals surface area contributed by atoms with Crippen molar-refractivity contribution in [2.45, 2.75) is 31.7 Å². The van der Waals surface area contributed by atoms with Crippen molar-refractivity contribution in [1.29, 1.82) is 0 Å². The van der Waals surface area contributed by atoms with Crippen LogP contribution in [0.5, 0.6) is 0 Å². The lowest BCUT2D eigenvalue weighted by atomic mass is 10.0. The lowest BCUT2D eigenvalue weighted by Gasteiger charge is -2.18. The van der Waals surface area contributed by atoms with Gasteiger partial charge in [0.15, 0.2) is 9.84 Å². The lowest BCUT2D eigenvalue weighted by molar-refractivity contribution is 0.217. The van der Waals surface area contributed by atoms with Crippen molar-refractivity contribution in [2.75, 3.05) is 32.3 Å². The van der Waals surface area contributed by atoms with Crippen LogP contribution in [0.15, 0.2) is 0 Å². The molecule has 16 heavy (non-hydrogen) atoms. The normalized spacial score (nSPS) is 26.1. The van der Waals surface area contributed by atoms with Crippen molar-refractivity contribution < 1.29 is 13.2 Å². The third-order valence-corrected chi connectivity index (χ3v) is 5.07. The van der Waals surface area contributed by atoms with E-state index in [0.29, 0.717) is 24.3 Å². The molecule has 0 aromatic carbocycles. The standard InChI is InChI=1S/C11H23NO3S/c1-12-11-5-3-4-10(11)6-8-16(13,14)9-7-15-2/h10-12H,3-9H2,1-2H3. The van der Waals surface area contributed by atoms with Gasteiger partial charge >= 0.3 is 0 Å². The Morgan fingerprint density at radius 2 is 2.06 bits per heavy atom. The van der Waals surface area contributed by atoms with E-state index >= 15 is 0 Å². The fourth-order valence-corrected chi connectivity index (χ4v) is 3.69. The largest absolute Gasteiger partial charge is 0.384 e. The van der Waals surface area contributed by atoms with Crippen LogP contribution in [0.3, 0.4) is 0 Å². The second-order valence-electron chi connectivity index (χ2n) is 4.52. The first-order chi connectivity index (χ1) is 7.59. The summed E-state index contributed by atoms with van der Waals surface area (Å²) in [5.74, 6) is 0.988. The minimum Gasteiger partial charge on any atom is -0.384 e. The summed E-state index contributed by atoms with van der Waals surface area (Å²) in [6.07, 6.45) is 4.34. The first kappa shape index (κ1) is 13.9. The monoisotopic (exact) mass is 249 g/mol. The zero-order valence-corrected chi connectivity index (χ0v) is 11.1. The van der Waals surface area contributed by atoms with Crippen LogP contribution in [-0.4, -0.2) is 46.7 Å². The highest BCUT2D eigenvalue weighted by Gasteiger charge is 2.26. The van der Waals surface area contributed by atoms with Crippen LogP contribution in [0.25, 0.3) is 0 Å². The number of hydrogen-bond acceptors (Lipinski definition) is 4. The maximum atomic E-state index is 11.6. The third kappa shape index (κ3) is 4.39. The van der Waals surface area contributed by atoms with Gasteiger partial charge in [0.05, 0.1) is 18.1 Å². The molecule has 0 aliphatic heterocycles. The van der Waals surface area contributed by atoms with Gasteiger partial charge < -0.3 is 10.1 Å². The van der Waals surface area contributed by atoms with E-state index in [1.54, 1.807) is 0 Å². The molecule has 0 spiro atoms. The van der Waals surface area contributed by atoms with E-state index in [9.17, 15) is 8.42 Å². The summed E-state index contributed by atoms with van der Waals surface area (Å²) < 4.78 is 28.1. The van der Waals surface area contributed by atoms with E-state index in [4.69, 9.17) is 4.74 Å². The smallest absolute Gasteiger partial charge is 0.152 e. The number of methoxy groups -OCH3 is 1.